The van der Waals surface area contributed by atoms with E-state index in [1.165, 1.54) is 6.07 Å². The molecule has 1 aromatic rings. The average Bonchev–Trinajstić information content (AvgIpc) is 2.16. The van der Waals surface area contributed by atoms with E-state index in [1.807, 2.05) is 0 Å². The molecule has 0 saturated heterocycles. The van der Waals surface area contributed by atoms with Crippen molar-refractivity contribution in [2.75, 3.05) is 0 Å². The Morgan fingerprint density at radius 3 is 2.71 bits per heavy atom. The van der Waals surface area contributed by atoms with E-state index in [0.717, 1.165) is 0 Å². The maximum atomic E-state index is 12.5. The minimum atomic E-state index is -2.64. The number of hydrogen-bond donors (Lipinski definition) is 0. The Morgan fingerprint density at radius 2 is 2.29 bits per heavy atom. The van der Waals surface area contributed by atoms with Crippen molar-refractivity contribution in [1.29, 1.82) is 0 Å². The predicted molar refractivity (Wildman–Crippen MR) is 56.9 cm³/mol. The monoisotopic (exact) mass is 331 g/mol. The Labute approximate surface area is 97.8 Å². The summed E-state index contributed by atoms with van der Waals surface area (Å²) in [7, 11) is 0. The molecule has 1 heterocycles. The molecule has 76 valence electrons. The molecule has 0 spiro atoms. The molecule has 0 aliphatic rings. The van der Waals surface area contributed by atoms with E-state index >= 15 is 0 Å². The molecule has 1 aromatic heterocycles. The molecular weight excluding hydrogens is 326 g/mol. The zero-order chi connectivity index (χ0) is 10.7. The Kier molecular flexibility index (Phi) is 4.18. The minimum absolute atomic E-state index is 0.0119. The molecule has 0 radical (unpaired) electrons. The van der Waals surface area contributed by atoms with Crippen molar-refractivity contribution in [2.45, 2.75) is 12.3 Å². The lowest BCUT2D eigenvalue weighted by atomic mass is 10.1. The van der Waals surface area contributed by atoms with Crippen LogP contribution in [0, 0.1) is 3.70 Å². The molecule has 0 N–H and O–H groups in total. The molecule has 1 rings (SSSR count). The first-order valence-electron chi connectivity index (χ1n) is 3.58. The maximum absolute atomic E-state index is 12.5. The van der Waals surface area contributed by atoms with Gasteiger partial charge in [0, 0.05) is 11.1 Å². The lowest BCUT2D eigenvalue weighted by molar-refractivity contribution is 0.111. The summed E-state index contributed by atoms with van der Waals surface area (Å²) >= 11 is 7.25. The van der Waals surface area contributed by atoms with Crippen LogP contribution in [0.4, 0.5) is 8.78 Å². The van der Waals surface area contributed by atoms with E-state index in [2.05, 4.69) is 4.98 Å². The quantitative estimate of drug-likeness (QED) is 0.368. The molecule has 0 saturated carbocycles. The molecule has 14 heavy (non-hydrogen) atoms. The van der Waals surface area contributed by atoms with Crippen LogP contribution in [0.5, 0.6) is 0 Å². The maximum Gasteiger partial charge on any atom is 0.264 e. The molecule has 0 fully saturated rings. The van der Waals surface area contributed by atoms with E-state index < -0.39 is 6.43 Å². The molecule has 0 unspecified atom stereocenters. The van der Waals surface area contributed by atoms with Crippen molar-refractivity contribution in [2.24, 2.45) is 0 Å². The fraction of sp³-hybridized carbons (Fsp3) is 0.250. The second-order valence-electron chi connectivity index (χ2n) is 2.45. The largest absolute Gasteiger partial charge is 0.296 e. The number of pyridine rings is 1. The number of aldehydes is 1. The van der Waals surface area contributed by atoms with Gasteiger partial charge >= 0.3 is 0 Å². The highest BCUT2D eigenvalue weighted by atomic mass is 127. The van der Waals surface area contributed by atoms with Gasteiger partial charge in [-0.1, -0.05) is 0 Å². The Morgan fingerprint density at radius 1 is 1.64 bits per heavy atom. The van der Waals surface area contributed by atoms with Crippen LogP contribution in [-0.2, 0) is 5.88 Å². The van der Waals surface area contributed by atoms with E-state index in [1.54, 1.807) is 22.6 Å². The molecule has 0 atom stereocenters. The van der Waals surface area contributed by atoms with Crippen LogP contribution in [0.2, 0.25) is 0 Å². The lowest BCUT2D eigenvalue weighted by Gasteiger charge is -2.08. The van der Waals surface area contributed by atoms with Gasteiger partial charge in [-0.2, -0.15) is 0 Å². The molecule has 0 aliphatic carbocycles. The van der Waals surface area contributed by atoms with Gasteiger partial charge in [-0.05, 0) is 28.7 Å². The third-order valence-electron chi connectivity index (χ3n) is 1.64. The van der Waals surface area contributed by atoms with Crippen molar-refractivity contribution in [3.05, 3.63) is 26.6 Å². The van der Waals surface area contributed by atoms with E-state index in [-0.39, 0.29) is 22.7 Å². The number of rotatable bonds is 3. The number of carbonyl (C=O) groups excluding carboxylic acids is 1. The first kappa shape index (κ1) is 11.8. The Balaban J connectivity index is 3.39. The number of alkyl halides is 3. The van der Waals surface area contributed by atoms with E-state index in [0.29, 0.717) is 9.99 Å². The zero-order valence-corrected chi connectivity index (χ0v) is 9.72. The van der Waals surface area contributed by atoms with Crippen LogP contribution in [0.15, 0.2) is 6.07 Å². The topological polar surface area (TPSA) is 30.0 Å². The first-order chi connectivity index (χ1) is 6.60. The van der Waals surface area contributed by atoms with E-state index in [4.69, 9.17) is 11.6 Å². The van der Waals surface area contributed by atoms with Crippen molar-refractivity contribution in [1.82, 2.24) is 4.98 Å². The Bertz CT molecular complexity index is 359. The molecular formula is C8H5ClF2INO. The van der Waals surface area contributed by atoms with Gasteiger partial charge in [-0.25, -0.2) is 13.8 Å². The number of carbonyl (C=O) groups is 1. The minimum Gasteiger partial charge on any atom is -0.296 e. The molecule has 0 amide bonds. The summed E-state index contributed by atoms with van der Waals surface area (Å²) in [4.78, 5) is 14.4. The highest BCUT2D eigenvalue weighted by Gasteiger charge is 2.17. The average molecular weight is 331 g/mol. The zero-order valence-electron chi connectivity index (χ0n) is 6.81. The molecule has 0 aliphatic heterocycles. The van der Waals surface area contributed by atoms with Crippen molar-refractivity contribution >= 4 is 40.5 Å². The van der Waals surface area contributed by atoms with Gasteiger partial charge in [0.2, 0.25) is 0 Å². The molecule has 0 bridgehead atoms. The van der Waals surface area contributed by atoms with Gasteiger partial charge in [0.15, 0.2) is 6.29 Å². The highest BCUT2D eigenvalue weighted by Crippen LogP contribution is 2.26. The van der Waals surface area contributed by atoms with Crippen molar-refractivity contribution < 1.29 is 13.6 Å². The summed E-state index contributed by atoms with van der Waals surface area (Å²) in [5.74, 6) is -0.141. The summed E-state index contributed by atoms with van der Waals surface area (Å²) in [6.45, 7) is 0. The van der Waals surface area contributed by atoms with Gasteiger partial charge in [-0.15, -0.1) is 11.6 Å². The summed E-state index contributed by atoms with van der Waals surface area (Å²) < 4.78 is 25.4. The number of aromatic nitrogens is 1. The third-order valence-corrected chi connectivity index (χ3v) is 2.46. The number of hydrogen-bond acceptors (Lipinski definition) is 2. The third kappa shape index (κ3) is 2.38. The van der Waals surface area contributed by atoms with Crippen molar-refractivity contribution in [3.8, 4) is 0 Å². The molecule has 0 aromatic carbocycles. The summed E-state index contributed by atoms with van der Waals surface area (Å²) in [6.07, 6.45) is -2.20. The number of nitrogens with zero attached hydrogens (tertiary/aromatic N) is 1. The molecule has 6 heteroatoms. The normalized spacial score (nSPS) is 10.6. The van der Waals surface area contributed by atoms with Gasteiger partial charge in [0.1, 0.15) is 9.39 Å². The van der Waals surface area contributed by atoms with Crippen LogP contribution in [0.25, 0.3) is 0 Å². The summed E-state index contributed by atoms with van der Waals surface area (Å²) in [6, 6.07) is 1.23. The SMILES string of the molecule is O=Cc1nc(I)cc(C(F)F)c1CCl. The van der Waals surface area contributed by atoms with Crippen molar-refractivity contribution in [3.63, 3.8) is 0 Å². The van der Waals surface area contributed by atoms with Gasteiger partial charge in [-0.3, -0.25) is 4.79 Å². The Hall–Kier alpha value is -0.300. The van der Waals surface area contributed by atoms with Crippen LogP contribution >= 0.6 is 34.2 Å². The van der Waals surface area contributed by atoms with Gasteiger partial charge in [0.05, 0.1) is 5.88 Å². The second kappa shape index (κ2) is 4.97. The summed E-state index contributed by atoms with van der Waals surface area (Å²) in [5.41, 5.74) is -0.124. The lowest BCUT2D eigenvalue weighted by Crippen LogP contribution is -2.03. The predicted octanol–water partition coefficient (Wildman–Crippen LogP) is 3.18. The molecule has 2 nitrogen and oxygen atoms in total. The van der Waals surface area contributed by atoms with Gasteiger partial charge < -0.3 is 0 Å². The van der Waals surface area contributed by atoms with Crippen LogP contribution in [0.1, 0.15) is 28.0 Å². The number of halogens is 4. The fourth-order valence-corrected chi connectivity index (χ4v) is 1.90. The summed E-state index contributed by atoms with van der Waals surface area (Å²) in [5, 5.41) is 0. The first-order valence-corrected chi connectivity index (χ1v) is 5.20. The fourth-order valence-electron chi connectivity index (χ4n) is 1.02. The van der Waals surface area contributed by atoms with Crippen LogP contribution in [-0.4, -0.2) is 11.3 Å². The van der Waals surface area contributed by atoms with Crippen LogP contribution < -0.4 is 0 Å². The standard InChI is InChI=1S/C8H5ClF2INO/c9-2-5-4(8(10)11)1-7(12)13-6(5)3-14/h1,3,8H,2H2. The van der Waals surface area contributed by atoms with Gasteiger partial charge in [0.25, 0.3) is 6.43 Å². The second-order valence-corrected chi connectivity index (χ2v) is 3.82. The van der Waals surface area contributed by atoms with E-state index in [9.17, 15) is 13.6 Å². The highest BCUT2D eigenvalue weighted by molar-refractivity contribution is 14.1. The van der Waals surface area contributed by atoms with Crippen LogP contribution in [0.3, 0.4) is 0 Å². The smallest absolute Gasteiger partial charge is 0.264 e.